The van der Waals surface area contributed by atoms with Gasteiger partial charge in [-0.25, -0.2) is 0 Å². The summed E-state index contributed by atoms with van der Waals surface area (Å²) in [6.45, 7) is 3.50. The minimum Gasteiger partial charge on any atom is -0.507 e. The van der Waals surface area contributed by atoms with Gasteiger partial charge in [0.2, 0.25) is 5.91 Å². The Balaban J connectivity index is 2.15. The van der Waals surface area contributed by atoms with Crippen LogP contribution in [0.5, 0.6) is 11.5 Å². The second-order valence-electron chi connectivity index (χ2n) is 5.10. The number of hydrogen-bond donors (Lipinski definition) is 1. The highest BCUT2D eigenvalue weighted by Gasteiger charge is 2.15. The molecule has 1 aliphatic rings. The van der Waals surface area contributed by atoms with Crippen molar-refractivity contribution >= 4 is 11.5 Å². The predicted octanol–water partition coefficient (Wildman–Crippen LogP) is 2.82. The van der Waals surface area contributed by atoms with Crippen LogP contribution in [0.3, 0.4) is 0 Å². The zero-order chi connectivity index (χ0) is 14.5. The molecule has 1 heterocycles. The molecule has 0 aromatic heterocycles. The molecule has 108 valence electrons. The van der Waals surface area contributed by atoms with E-state index in [0.29, 0.717) is 11.3 Å². The first-order chi connectivity index (χ1) is 9.61. The van der Waals surface area contributed by atoms with Crippen molar-refractivity contribution in [3.63, 3.8) is 0 Å². The number of rotatable bonds is 3. The third-order valence-corrected chi connectivity index (χ3v) is 3.64. The van der Waals surface area contributed by atoms with Gasteiger partial charge >= 0.3 is 0 Å². The maximum Gasteiger partial charge on any atom is 0.246 e. The summed E-state index contributed by atoms with van der Waals surface area (Å²) in [6.07, 6.45) is 4.96. The fraction of sp³-hybridized carbons (Fsp3) is 0.438. The summed E-state index contributed by atoms with van der Waals surface area (Å²) in [7, 11) is 1.55. The molecule has 1 N–H and O–H groups in total. The maximum atomic E-state index is 12.2. The Morgan fingerprint density at radius 1 is 1.30 bits per heavy atom. The highest BCUT2D eigenvalue weighted by Crippen LogP contribution is 2.29. The highest BCUT2D eigenvalue weighted by molar-refractivity contribution is 5.95. The third kappa shape index (κ3) is 3.32. The van der Waals surface area contributed by atoms with E-state index in [4.69, 9.17) is 4.74 Å². The Morgan fingerprint density at radius 2 is 2.00 bits per heavy atom. The van der Waals surface area contributed by atoms with E-state index >= 15 is 0 Å². The van der Waals surface area contributed by atoms with Crippen LogP contribution >= 0.6 is 0 Å². The fourth-order valence-electron chi connectivity index (χ4n) is 2.44. The monoisotopic (exact) mass is 275 g/mol. The van der Waals surface area contributed by atoms with Gasteiger partial charge in [0, 0.05) is 30.8 Å². The molecule has 1 aliphatic heterocycles. The molecule has 4 heteroatoms. The zero-order valence-corrected chi connectivity index (χ0v) is 12.1. The first-order valence-corrected chi connectivity index (χ1v) is 6.96. The Bertz CT molecular complexity index is 516. The van der Waals surface area contributed by atoms with Gasteiger partial charge in [-0.05, 0) is 43.9 Å². The second kappa shape index (κ2) is 6.46. The van der Waals surface area contributed by atoms with Gasteiger partial charge in [0.25, 0.3) is 0 Å². The number of nitrogens with zero attached hydrogens (tertiary/aromatic N) is 1. The minimum absolute atomic E-state index is 0.0254. The lowest BCUT2D eigenvalue weighted by atomic mass is 10.0. The molecular formula is C16H21NO3. The number of ether oxygens (including phenoxy) is 1. The molecule has 1 saturated heterocycles. The smallest absolute Gasteiger partial charge is 0.246 e. The fourth-order valence-corrected chi connectivity index (χ4v) is 2.44. The molecule has 20 heavy (non-hydrogen) atoms. The van der Waals surface area contributed by atoms with Gasteiger partial charge in [0.05, 0.1) is 7.11 Å². The summed E-state index contributed by atoms with van der Waals surface area (Å²) < 4.78 is 5.05. The van der Waals surface area contributed by atoms with Crippen LogP contribution < -0.4 is 4.74 Å². The van der Waals surface area contributed by atoms with E-state index in [-0.39, 0.29) is 11.7 Å². The summed E-state index contributed by atoms with van der Waals surface area (Å²) in [4.78, 5) is 14.0. The van der Waals surface area contributed by atoms with Crippen LogP contribution in [0.15, 0.2) is 24.3 Å². The first kappa shape index (κ1) is 14.4. The van der Waals surface area contributed by atoms with Gasteiger partial charge in [-0.1, -0.05) is 0 Å². The number of benzene rings is 1. The van der Waals surface area contributed by atoms with Crippen molar-refractivity contribution < 1.29 is 14.6 Å². The lowest BCUT2D eigenvalue weighted by Gasteiger charge is -2.25. The number of aromatic hydroxyl groups is 1. The average Bonchev–Trinajstić information content (AvgIpc) is 2.47. The van der Waals surface area contributed by atoms with Crippen LogP contribution in [0.2, 0.25) is 0 Å². The van der Waals surface area contributed by atoms with Crippen molar-refractivity contribution in [2.45, 2.75) is 26.2 Å². The van der Waals surface area contributed by atoms with Gasteiger partial charge in [-0.2, -0.15) is 0 Å². The molecule has 1 amide bonds. The van der Waals surface area contributed by atoms with Crippen LogP contribution in [0.25, 0.3) is 5.57 Å². The summed E-state index contributed by atoms with van der Waals surface area (Å²) in [5.41, 5.74) is 1.43. The Kier molecular flexibility index (Phi) is 4.66. The molecule has 0 spiro atoms. The number of methoxy groups -OCH3 is 1. The van der Waals surface area contributed by atoms with Crippen LogP contribution in [0.4, 0.5) is 0 Å². The standard InChI is InChI=1S/C16H21NO3/c1-12(10-16(19)17-8-4-3-5-9-17)14-7-6-13(20-2)11-15(14)18/h6-7,10-11,18H,3-5,8-9H2,1-2H3/b12-10+. The van der Waals surface area contributed by atoms with Gasteiger partial charge in [-0.15, -0.1) is 0 Å². The largest absolute Gasteiger partial charge is 0.507 e. The van der Waals surface area contributed by atoms with Gasteiger partial charge in [0.1, 0.15) is 11.5 Å². The van der Waals surface area contributed by atoms with Crippen molar-refractivity contribution in [2.75, 3.05) is 20.2 Å². The van der Waals surface area contributed by atoms with Crippen LogP contribution in [-0.4, -0.2) is 36.1 Å². The summed E-state index contributed by atoms with van der Waals surface area (Å²) >= 11 is 0. The zero-order valence-electron chi connectivity index (χ0n) is 12.1. The molecule has 4 nitrogen and oxygen atoms in total. The van der Waals surface area contributed by atoms with Crippen molar-refractivity contribution in [2.24, 2.45) is 0 Å². The van der Waals surface area contributed by atoms with E-state index in [1.807, 2.05) is 11.8 Å². The number of amides is 1. The molecule has 0 saturated carbocycles. The summed E-state index contributed by atoms with van der Waals surface area (Å²) in [5.74, 6) is 0.753. The lowest BCUT2D eigenvalue weighted by molar-refractivity contribution is -0.126. The van der Waals surface area contributed by atoms with Crippen LogP contribution in [0.1, 0.15) is 31.7 Å². The van der Waals surface area contributed by atoms with E-state index in [9.17, 15) is 9.90 Å². The number of allylic oxidation sites excluding steroid dienone is 1. The first-order valence-electron chi connectivity index (χ1n) is 6.96. The molecule has 1 aromatic rings. The van der Waals surface area contributed by atoms with Crippen molar-refractivity contribution in [3.8, 4) is 11.5 Å². The van der Waals surface area contributed by atoms with E-state index in [0.717, 1.165) is 31.5 Å². The molecule has 1 aromatic carbocycles. The quantitative estimate of drug-likeness (QED) is 0.863. The second-order valence-corrected chi connectivity index (χ2v) is 5.10. The number of carbonyl (C=O) groups excluding carboxylic acids is 1. The van der Waals surface area contributed by atoms with E-state index < -0.39 is 0 Å². The number of phenolic OH excluding ortho intramolecular Hbond substituents is 1. The minimum atomic E-state index is 0.0254. The van der Waals surface area contributed by atoms with Crippen molar-refractivity contribution in [3.05, 3.63) is 29.8 Å². The molecule has 0 unspecified atom stereocenters. The number of phenols is 1. The van der Waals surface area contributed by atoms with Crippen molar-refractivity contribution in [1.29, 1.82) is 0 Å². The van der Waals surface area contributed by atoms with E-state index in [1.165, 1.54) is 6.42 Å². The molecule has 0 atom stereocenters. The molecular weight excluding hydrogens is 254 g/mol. The molecule has 1 fully saturated rings. The number of carbonyl (C=O) groups is 1. The summed E-state index contributed by atoms with van der Waals surface area (Å²) in [6, 6.07) is 5.10. The Labute approximate surface area is 119 Å². The number of piperidine rings is 1. The molecule has 0 radical (unpaired) electrons. The average molecular weight is 275 g/mol. The van der Waals surface area contributed by atoms with Gasteiger partial charge in [-0.3, -0.25) is 4.79 Å². The van der Waals surface area contributed by atoms with Crippen LogP contribution in [-0.2, 0) is 4.79 Å². The van der Waals surface area contributed by atoms with E-state index in [1.54, 1.807) is 31.4 Å². The lowest BCUT2D eigenvalue weighted by Crippen LogP contribution is -2.34. The Hall–Kier alpha value is -1.97. The number of likely N-dealkylation sites (tertiary alicyclic amines) is 1. The number of hydrogen-bond acceptors (Lipinski definition) is 3. The molecule has 2 rings (SSSR count). The van der Waals surface area contributed by atoms with Gasteiger partial charge < -0.3 is 14.7 Å². The topological polar surface area (TPSA) is 49.8 Å². The maximum absolute atomic E-state index is 12.2. The van der Waals surface area contributed by atoms with Gasteiger partial charge in [0.15, 0.2) is 0 Å². The predicted molar refractivity (Wildman–Crippen MR) is 78.7 cm³/mol. The third-order valence-electron chi connectivity index (χ3n) is 3.64. The van der Waals surface area contributed by atoms with Crippen LogP contribution in [0, 0.1) is 0 Å². The molecule has 0 bridgehead atoms. The normalized spacial score (nSPS) is 16.1. The Morgan fingerprint density at radius 3 is 2.60 bits per heavy atom. The van der Waals surface area contributed by atoms with Crippen molar-refractivity contribution in [1.82, 2.24) is 4.90 Å². The SMILES string of the molecule is COc1ccc(/C(C)=C/C(=O)N2CCCCC2)c(O)c1. The van der Waals surface area contributed by atoms with E-state index in [2.05, 4.69) is 0 Å². The summed E-state index contributed by atoms with van der Waals surface area (Å²) in [5, 5.41) is 9.97. The molecule has 0 aliphatic carbocycles. The highest BCUT2D eigenvalue weighted by atomic mass is 16.5.